The molecule has 1 aromatic rings. The molecule has 1 rings (SSSR count). The maximum absolute atomic E-state index is 5.75. The van der Waals surface area contributed by atoms with Crippen LogP contribution in [0.25, 0.3) is 0 Å². The molecule has 0 saturated carbocycles. The van der Waals surface area contributed by atoms with Gasteiger partial charge in [-0.25, -0.2) is 4.98 Å². The van der Waals surface area contributed by atoms with Gasteiger partial charge in [-0.05, 0) is 19.3 Å². The Morgan fingerprint density at radius 3 is 2.40 bits per heavy atom. The minimum Gasteiger partial charge on any atom is -0.326 e. The molecule has 0 aliphatic carbocycles. The second-order valence-electron chi connectivity index (χ2n) is 3.89. The second-order valence-corrected chi connectivity index (χ2v) is 5.00. The van der Waals surface area contributed by atoms with Crippen molar-refractivity contribution in [3.8, 4) is 0 Å². The summed E-state index contributed by atoms with van der Waals surface area (Å²) >= 11 is 1.82. The van der Waals surface area contributed by atoms with Crippen LogP contribution >= 0.6 is 11.3 Å². The van der Waals surface area contributed by atoms with Gasteiger partial charge in [0.05, 0.1) is 10.7 Å². The van der Waals surface area contributed by atoms with Crippen LogP contribution in [0.4, 0.5) is 0 Å². The Balaban J connectivity index is 2.90. The molecular weight excluding hydrogens is 204 g/mol. The van der Waals surface area contributed by atoms with Gasteiger partial charge in [0.25, 0.3) is 0 Å². The van der Waals surface area contributed by atoms with Gasteiger partial charge in [0.2, 0.25) is 0 Å². The Kier molecular flexibility index (Phi) is 5.26. The monoisotopic (exact) mass is 226 g/mol. The fourth-order valence-corrected chi connectivity index (χ4v) is 3.06. The summed E-state index contributed by atoms with van der Waals surface area (Å²) < 4.78 is 0. The van der Waals surface area contributed by atoms with Crippen molar-refractivity contribution >= 4 is 11.3 Å². The fourth-order valence-electron chi connectivity index (χ4n) is 1.81. The largest absolute Gasteiger partial charge is 0.326 e. The van der Waals surface area contributed by atoms with Crippen molar-refractivity contribution in [3.63, 3.8) is 0 Å². The molecule has 3 heteroatoms. The van der Waals surface area contributed by atoms with Crippen LogP contribution in [-0.4, -0.2) is 4.98 Å². The third-order valence-corrected chi connectivity index (χ3v) is 4.08. The summed E-state index contributed by atoms with van der Waals surface area (Å²) in [7, 11) is 0. The van der Waals surface area contributed by atoms with Crippen LogP contribution in [0.3, 0.4) is 0 Å². The molecule has 0 saturated heterocycles. The molecule has 0 unspecified atom stereocenters. The van der Waals surface area contributed by atoms with Crippen LogP contribution in [0.15, 0.2) is 0 Å². The van der Waals surface area contributed by atoms with E-state index in [2.05, 4.69) is 20.8 Å². The van der Waals surface area contributed by atoms with Crippen LogP contribution in [0.1, 0.15) is 61.5 Å². The topological polar surface area (TPSA) is 38.9 Å². The summed E-state index contributed by atoms with van der Waals surface area (Å²) in [5.74, 6) is 0.630. The predicted octanol–water partition coefficient (Wildman–Crippen LogP) is 3.46. The summed E-state index contributed by atoms with van der Waals surface area (Å²) in [5.41, 5.74) is 6.99. The van der Waals surface area contributed by atoms with Crippen molar-refractivity contribution in [2.75, 3.05) is 0 Å². The first-order valence-electron chi connectivity index (χ1n) is 5.95. The van der Waals surface area contributed by atoms with Gasteiger partial charge in [-0.1, -0.05) is 27.2 Å². The van der Waals surface area contributed by atoms with E-state index < -0.39 is 0 Å². The third-order valence-electron chi connectivity index (χ3n) is 2.80. The lowest BCUT2D eigenvalue weighted by Gasteiger charge is -2.06. The molecule has 86 valence electrons. The minimum atomic E-state index is 0.630. The number of nitrogens with two attached hydrogens (primary N) is 1. The van der Waals surface area contributed by atoms with Crippen molar-refractivity contribution in [2.45, 2.75) is 58.9 Å². The van der Waals surface area contributed by atoms with Gasteiger partial charge < -0.3 is 5.73 Å². The van der Waals surface area contributed by atoms with E-state index in [-0.39, 0.29) is 0 Å². The van der Waals surface area contributed by atoms with Crippen LogP contribution in [-0.2, 0) is 13.0 Å². The SMILES string of the molecule is CCCc1nc(C(CC)CC)sc1CN. The van der Waals surface area contributed by atoms with E-state index >= 15 is 0 Å². The van der Waals surface area contributed by atoms with Crippen LogP contribution in [0.2, 0.25) is 0 Å². The highest BCUT2D eigenvalue weighted by Gasteiger charge is 2.15. The predicted molar refractivity (Wildman–Crippen MR) is 67.3 cm³/mol. The van der Waals surface area contributed by atoms with Crippen molar-refractivity contribution < 1.29 is 0 Å². The average Bonchev–Trinajstić information content (AvgIpc) is 2.64. The molecule has 0 aromatic carbocycles. The summed E-state index contributed by atoms with van der Waals surface area (Å²) in [6.07, 6.45) is 4.58. The molecule has 2 nitrogen and oxygen atoms in total. The standard InChI is InChI=1S/C12H22N2S/c1-4-7-10-11(8-13)15-12(14-10)9(5-2)6-3/h9H,4-8,13H2,1-3H3. The molecule has 1 heterocycles. The molecule has 0 amide bonds. The third kappa shape index (κ3) is 3.02. The van der Waals surface area contributed by atoms with Crippen LogP contribution in [0, 0.1) is 0 Å². The lowest BCUT2D eigenvalue weighted by atomic mass is 10.1. The number of aryl methyl sites for hydroxylation is 1. The molecule has 2 N–H and O–H groups in total. The van der Waals surface area contributed by atoms with E-state index in [1.807, 2.05) is 11.3 Å². The number of hydrogen-bond acceptors (Lipinski definition) is 3. The quantitative estimate of drug-likeness (QED) is 0.807. The van der Waals surface area contributed by atoms with Crippen molar-refractivity contribution in [3.05, 3.63) is 15.6 Å². The van der Waals surface area contributed by atoms with Crippen molar-refractivity contribution in [1.82, 2.24) is 4.98 Å². The zero-order valence-electron chi connectivity index (χ0n) is 10.0. The maximum atomic E-state index is 5.75. The molecule has 0 radical (unpaired) electrons. The Labute approximate surface area is 96.9 Å². The molecule has 0 aliphatic rings. The fraction of sp³-hybridized carbons (Fsp3) is 0.750. The Bertz CT molecular complexity index is 290. The van der Waals surface area contributed by atoms with E-state index in [1.165, 1.54) is 28.4 Å². The second kappa shape index (κ2) is 6.23. The molecule has 0 atom stereocenters. The number of thiazole rings is 1. The number of hydrogen-bond donors (Lipinski definition) is 1. The van der Waals surface area contributed by atoms with Gasteiger partial charge in [-0.2, -0.15) is 0 Å². The molecule has 0 aliphatic heterocycles. The summed E-state index contributed by atoms with van der Waals surface area (Å²) in [5, 5.41) is 1.30. The highest BCUT2D eigenvalue weighted by atomic mass is 32.1. The van der Waals surface area contributed by atoms with Gasteiger partial charge in [0.1, 0.15) is 0 Å². The molecule has 0 fully saturated rings. The van der Waals surface area contributed by atoms with E-state index in [0.29, 0.717) is 12.5 Å². The highest BCUT2D eigenvalue weighted by Crippen LogP contribution is 2.29. The lowest BCUT2D eigenvalue weighted by Crippen LogP contribution is -1.98. The minimum absolute atomic E-state index is 0.630. The Hall–Kier alpha value is -0.410. The van der Waals surface area contributed by atoms with E-state index in [9.17, 15) is 0 Å². The average molecular weight is 226 g/mol. The molecule has 15 heavy (non-hydrogen) atoms. The van der Waals surface area contributed by atoms with Crippen molar-refractivity contribution in [1.29, 1.82) is 0 Å². The van der Waals surface area contributed by atoms with Gasteiger partial charge in [0.15, 0.2) is 0 Å². The van der Waals surface area contributed by atoms with E-state index in [4.69, 9.17) is 10.7 Å². The number of nitrogens with zero attached hydrogens (tertiary/aromatic N) is 1. The van der Waals surface area contributed by atoms with Crippen molar-refractivity contribution in [2.24, 2.45) is 5.73 Å². The van der Waals surface area contributed by atoms with Crippen LogP contribution in [0.5, 0.6) is 0 Å². The molecule has 0 bridgehead atoms. The first-order chi connectivity index (χ1) is 7.26. The number of rotatable bonds is 6. The Morgan fingerprint density at radius 1 is 1.27 bits per heavy atom. The summed E-state index contributed by atoms with van der Waals surface area (Å²) in [6, 6.07) is 0. The molecule has 1 aromatic heterocycles. The molecular formula is C12H22N2S. The van der Waals surface area contributed by atoms with E-state index in [1.54, 1.807) is 0 Å². The molecule has 0 spiro atoms. The normalized spacial score (nSPS) is 11.3. The highest BCUT2D eigenvalue weighted by molar-refractivity contribution is 7.11. The van der Waals surface area contributed by atoms with Gasteiger partial charge in [-0.15, -0.1) is 11.3 Å². The first kappa shape index (κ1) is 12.7. The van der Waals surface area contributed by atoms with Gasteiger partial charge in [-0.3, -0.25) is 0 Å². The van der Waals surface area contributed by atoms with Gasteiger partial charge >= 0.3 is 0 Å². The van der Waals surface area contributed by atoms with E-state index in [0.717, 1.165) is 12.8 Å². The number of aromatic nitrogens is 1. The maximum Gasteiger partial charge on any atom is 0.0962 e. The van der Waals surface area contributed by atoms with Gasteiger partial charge in [0, 0.05) is 17.3 Å². The summed E-state index contributed by atoms with van der Waals surface area (Å²) in [4.78, 5) is 6.04. The van der Waals surface area contributed by atoms with Crippen LogP contribution < -0.4 is 5.73 Å². The first-order valence-corrected chi connectivity index (χ1v) is 6.76. The smallest absolute Gasteiger partial charge is 0.0962 e. The zero-order chi connectivity index (χ0) is 11.3. The Morgan fingerprint density at radius 2 is 1.93 bits per heavy atom. The summed E-state index contributed by atoms with van der Waals surface area (Å²) in [6.45, 7) is 7.30. The lowest BCUT2D eigenvalue weighted by molar-refractivity contribution is 0.634. The zero-order valence-corrected chi connectivity index (χ0v) is 10.9.